The predicted molar refractivity (Wildman–Crippen MR) is 121 cm³/mol. The van der Waals surface area contributed by atoms with Gasteiger partial charge in [-0.15, -0.1) is 10.2 Å². The molecule has 0 unspecified atom stereocenters. The molecular weight excluding hydrogens is 408 g/mol. The van der Waals surface area contributed by atoms with E-state index in [2.05, 4.69) is 16.3 Å². The fraction of sp³-hybridized carbons (Fsp3) is 0.125. The van der Waals surface area contributed by atoms with Crippen molar-refractivity contribution in [2.75, 3.05) is 14.2 Å². The lowest BCUT2D eigenvalue weighted by molar-refractivity contribution is 0.394. The quantitative estimate of drug-likeness (QED) is 0.381. The van der Waals surface area contributed by atoms with E-state index in [1.54, 1.807) is 26.0 Å². The standard InChI is InChI=1S/C24H20N4O2S/c1-29-21-12-19(13-22(14-21)30-2)23-26-27-24(28(23)20-6-4-3-5-7-20)31-16-18-10-8-17(15-25)9-11-18/h3-14H,16H2,1-2H3. The lowest BCUT2D eigenvalue weighted by atomic mass is 10.2. The molecule has 31 heavy (non-hydrogen) atoms. The van der Waals surface area contributed by atoms with Crippen LogP contribution in [0, 0.1) is 11.3 Å². The molecular formula is C24H20N4O2S. The van der Waals surface area contributed by atoms with Gasteiger partial charge >= 0.3 is 0 Å². The second-order valence-corrected chi connectivity index (χ2v) is 7.62. The van der Waals surface area contributed by atoms with Gasteiger partial charge < -0.3 is 9.47 Å². The number of nitrogens with zero attached hydrogens (tertiary/aromatic N) is 4. The molecule has 0 bridgehead atoms. The molecule has 0 spiro atoms. The summed E-state index contributed by atoms with van der Waals surface area (Å²) >= 11 is 1.59. The van der Waals surface area contributed by atoms with Gasteiger partial charge in [0.25, 0.3) is 0 Å². The minimum atomic E-state index is 0.649. The van der Waals surface area contributed by atoms with Gasteiger partial charge in [-0.3, -0.25) is 4.57 Å². The molecule has 0 aliphatic rings. The Balaban J connectivity index is 1.73. The van der Waals surface area contributed by atoms with Crippen molar-refractivity contribution in [3.63, 3.8) is 0 Å². The molecule has 4 aromatic rings. The van der Waals surface area contributed by atoms with Crippen LogP contribution in [0.15, 0.2) is 78.0 Å². The van der Waals surface area contributed by atoms with Crippen LogP contribution >= 0.6 is 11.8 Å². The Bertz CT molecular complexity index is 1190. The molecule has 0 N–H and O–H groups in total. The molecule has 7 heteroatoms. The minimum absolute atomic E-state index is 0.649. The molecule has 0 radical (unpaired) electrons. The summed E-state index contributed by atoms with van der Waals surface area (Å²) in [5.41, 5.74) is 3.57. The maximum atomic E-state index is 8.99. The van der Waals surface area contributed by atoms with E-state index < -0.39 is 0 Å². The summed E-state index contributed by atoms with van der Waals surface area (Å²) < 4.78 is 12.9. The summed E-state index contributed by atoms with van der Waals surface area (Å²) in [4.78, 5) is 0. The topological polar surface area (TPSA) is 73.0 Å². The van der Waals surface area contributed by atoms with Crippen LogP contribution in [0.4, 0.5) is 0 Å². The maximum absolute atomic E-state index is 8.99. The monoisotopic (exact) mass is 428 g/mol. The van der Waals surface area contributed by atoms with Crippen molar-refractivity contribution in [3.05, 3.63) is 83.9 Å². The number of thioether (sulfide) groups is 1. The van der Waals surface area contributed by atoms with Crippen LogP contribution < -0.4 is 9.47 Å². The Morgan fingerprint density at radius 2 is 1.58 bits per heavy atom. The summed E-state index contributed by atoms with van der Waals surface area (Å²) in [5.74, 6) is 2.77. The Morgan fingerprint density at radius 3 is 2.19 bits per heavy atom. The molecule has 3 aromatic carbocycles. The summed E-state index contributed by atoms with van der Waals surface area (Å²) in [6.45, 7) is 0. The number of ether oxygens (including phenoxy) is 2. The zero-order chi connectivity index (χ0) is 21.6. The van der Waals surface area contributed by atoms with Crippen LogP contribution in [0.2, 0.25) is 0 Å². The normalized spacial score (nSPS) is 10.5. The van der Waals surface area contributed by atoms with Crippen LogP contribution in [0.3, 0.4) is 0 Å². The molecule has 0 aliphatic heterocycles. The lowest BCUT2D eigenvalue weighted by Crippen LogP contribution is -2.00. The first-order chi connectivity index (χ1) is 15.2. The van der Waals surface area contributed by atoms with E-state index in [9.17, 15) is 0 Å². The average Bonchev–Trinajstić information content (AvgIpc) is 3.27. The van der Waals surface area contributed by atoms with Crippen molar-refractivity contribution in [2.24, 2.45) is 0 Å². The van der Waals surface area contributed by atoms with Gasteiger partial charge in [-0.1, -0.05) is 42.1 Å². The lowest BCUT2D eigenvalue weighted by Gasteiger charge is -2.12. The van der Waals surface area contributed by atoms with E-state index in [0.717, 1.165) is 22.0 Å². The first kappa shape index (κ1) is 20.5. The van der Waals surface area contributed by atoms with Crippen LogP contribution in [-0.4, -0.2) is 29.0 Å². The van der Waals surface area contributed by atoms with Crippen molar-refractivity contribution < 1.29 is 9.47 Å². The number of benzene rings is 3. The average molecular weight is 429 g/mol. The van der Waals surface area contributed by atoms with Crippen LogP contribution in [0.25, 0.3) is 17.1 Å². The van der Waals surface area contributed by atoms with Gasteiger partial charge in [-0.25, -0.2) is 0 Å². The second kappa shape index (κ2) is 9.37. The van der Waals surface area contributed by atoms with E-state index in [-0.39, 0.29) is 0 Å². The van der Waals surface area contributed by atoms with Crippen molar-refractivity contribution >= 4 is 11.8 Å². The van der Waals surface area contributed by atoms with E-state index in [4.69, 9.17) is 14.7 Å². The highest BCUT2D eigenvalue weighted by Crippen LogP contribution is 2.33. The minimum Gasteiger partial charge on any atom is -0.497 e. The van der Waals surface area contributed by atoms with Gasteiger partial charge in [-0.05, 0) is 42.0 Å². The van der Waals surface area contributed by atoms with Crippen LogP contribution in [0.1, 0.15) is 11.1 Å². The second-order valence-electron chi connectivity index (χ2n) is 6.68. The molecule has 0 saturated heterocycles. The van der Waals surface area contributed by atoms with E-state index in [1.807, 2.05) is 77.4 Å². The number of nitriles is 1. The van der Waals surface area contributed by atoms with Crippen molar-refractivity contribution in [3.8, 4) is 34.6 Å². The number of rotatable bonds is 7. The summed E-state index contributed by atoms with van der Waals surface area (Å²) in [6.07, 6.45) is 0. The van der Waals surface area contributed by atoms with Crippen LogP contribution in [0.5, 0.6) is 11.5 Å². The molecule has 0 amide bonds. The highest BCUT2D eigenvalue weighted by molar-refractivity contribution is 7.98. The van der Waals surface area contributed by atoms with Gasteiger partial charge in [0.2, 0.25) is 0 Å². The zero-order valence-electron chi connectivity index (χ0n) is 17.1. The van der Waals surface area contributed by atoms with Gasteiger partial charge in [0, 0.05) is 23.1 Å². The SMILES string of the molecule is COc1cc(OC)cc(-c2nnc(SCc3ccc(C#N)cc3)n2-c2ccccc2)c1. The molecule has 0 aliphatic carbocycles. The molecule has 6 nitrogen and oxygen atoms in total. The molecule has 4 rings (SSSR count). The predicted octanol–water partition coefficient (Wildman–Crippen LogP) is 5.12. The summed E-state index contributed by atoms with van der Waals surface area (Å²) in [6, 6.07) is 25.4. The molecule has 0 saturated carbocycles. The smallest absolute Gasteiger partial charge is 0.196 e. The van der Waals surface area contributed by atoms with Crippen molar-refractivity contribution in [1.82, 2.24) is 14.8 Å². The number of para-hydroxylation sites is 1. The maximum Gasteiger partial charge on any atom is 0.196 e. The Kier molecular flexibility index (Phi) is 6.20. The Morgan fingerprint density at radius 1 is 0.903 bits per heavy atom. The van der Waals surface area contributed by atoms with E-state index in [1.165, 1.54) is 0 Å². The summed E-state index contributed by atoms with van der Waals surface area (Å²) in [7, 11) is 3.25. The molecule has 1 aromatic heterocycles. The molecule has 0 fully saturated rings. The fourth-order valence-corrected chi connectivity index (χ4v) is 4.03. The highest BCUT2D eigenvalue weighted by atomic mass is 32.2. The first-order valence-electron chi connectivity index (χ1n) is 9.58. The largest absolute Gasteiger partial charge is 0.497 e. The van der Waals surface area contributed by atoms with Crippen molar-refractivity contribution in [1.29, 1.82) is 5.26 Å². The first-order valence-corrected chi connectivity index (χ1v) is 10.6. The van der Waals surface area contributed by atoms with Gasteiger partial charge in [0.15, 0.2) is 11.0 Å². The van der Waals surface area contributed by atoms with Gasteiger partial charge in [0.05, 0.1) is 25.9 Å². The number of hydrogen-bond donors (Lipinski definition) is 0. The van der Waals surface area contributed by atoms with Gasteiger partial charge in [0.1, 0.15) is 11.5 Å². The number of hydrogen-bond acceptors (Lipinski definition) is 6. The fourth-order valence-electron chi connectivity index (χ4n) is 3.12. The van der Waals surface area contributed by atoms with E-state index in [0.29, 0.717) is 28.6 Å². The highest BCUT2D eigenvalue weighted by Gasteiger charge is 2.18. The van der Waals surface area contributed by atoms with Gasteiger partial charge in [-0.2, -0.15) is 5.26 Å². The summed E-state index contributed by atoms with van der Waals surface area (Å²) in [5, 5.41) is 18.7. The number of methoxy groups -OCH3 is 2. The van der Waals surface area contributed by atoms with Crippen LogP contribution in [-0.2, 0) is 5.75 Å². The Labute approximate surface area is 185 Å². The Hall–Kier alpha value is -3.76. The third-order valence-corrected chi connectivity index (χ3v) is 5.71. The third-order valence-electron chi connectivity index (χ3n) is 4.71. The van der Waals surface area contributed by atoms with Crippen molar-refractivity contribution in [2.45, 2.75) is 10.9 Å². The van der Waals surface area contributed by atoms with E-state index >= 15 is 0 Å². The molecule has 0 atom stereocenters. The number of aromatic nitrogens is 3. The zero-order valence-corrected chi connectivity index (χ0v) is 18.0. The third kappa shape index (κ3) is 4.55. The molecule has 1 heterocycles. The molecule has 154 valence electrons.